The SMILES string of the molecule is CC(C)C1C(=O)NCCN1C(=O)c1ccc(C(N)=O)cc1. The molecule has 0 aliphatic carbocycles. The van der Waals surface area contributed by atoms with Gasteiger partial charge in [0.25, 0.3) is 5.91 Å². The van der Waals surface area contributed by atoms with E-state index in [-0.39, 0.29) is 17.7 Å². The molecule has 0 aromatic heterocycles. The van der Waals surface area contributed by atoms with Crippen LogP contribution in [0.25, 0.3) is 0 Å². The van der Waals surface area contributed by atoms with Crippen molar-refractivity contribution >= 4 is 17.7 Å². The Morgan fingerprint density at radius 1 is 1.24 bits per heavy atom. The summed E-state index contributed by atoms with van der Waals surface area (Å²) in [7, 11) is 0. The van der Waals surface area contributed by atoms with Gasteiger partial charge in [-0.2, -0.15) is 0 Å². The van der Waals surface area contributed by atoms with Crippen LogP contribution in [0.2, 0.25) is 0 Å². The third kappa shape index (κ3) is 3.04. The van der Waals surface area contributed by atoms with Gasteiger partial charge in [-0.3, -0.25) is 14.4 Å². The lowest BCUT2D eigenvalue weighted by atomic mass is 9.98. The predicted molar refractivity (Wildman–Crippen MR) is 77.6 cm³/mol. The Bertz CT molecular complexity index is 566. The zero-order valence-electron chi connectivity index (χ0n) is 12.1. The highest BCUT2D eigenvalue weighted by molar-refractivity contribution is 5.99. The Morgan fingerprint density at radius 2 is 1.81 bits per heavy atom. The van der Waals surface area contributed by atoms with Gasteiger partial charge in [-0.1, -0.05) is 13.8 Å². The van der Waals surface area contributed by atoms with Gasteiger partial charge in [-0.15, -0.1) is 0 Å². The molecule has 1 unspecified atom stereocenters. The van der Waals surface area contributed by atoms with Crippen molar-refractivity contribution in [2.75, 3.05) is 13.1 Å². The van der Waals surface area contributed by atoms with E-state index in [4.69, 9.17) is 5.73 Å². The predicted octanol–water partition coefficient (Wildman–Crippen LogP) is 0.382. The second-order valence-electron chi connectivity index (χ2n) is 5.42. The van der Waals surface area contributed by atoms with Crippen LogP contribution < -0.4 is 11.1 Å². The Hall–Kier alpha value is -2.37. The lowest BCUT2D eigenvalue weighted by Crippen LogP contribution is -2.59. The maximum absolute atomic E-state index is 12.6. The van der Waals surface area contributed by atoms with Crippen LogP contribution in [0.5, 0.6) is 0 Å². The third-order valence-electron chi connectivity index (χ3n) is 3.57. The molecule has 1 aromatic carbocycles. The van der Waals surface area contributed by atoms with Gasteiger partial charge in [0.1, 0.15) is 6.04 Å². The molecule has 0 saturated carbocycles. The maximum Gasteiger partial charge on any atom is 0.254 e. The summed E-state index contributed by atoms with van der Waals surface area (Å²) >= 11 is 0. The van der Waals surface area contributed by atoms with E-state index in [0.717, 1.165) is 0 Å². The molecule has 1 aliphatic rings. The molecule has 3 N–H and O–H groups in total. The highest BCUT2D eigenvalue weighted by Crippen LogP contribution is 2.17. The number of amides is 3. The van der Waals surface area contributed by atoms with Crippen LogP contribution in [0.3, 0.4) is 0 Å². The van der Waals surface area contributed by atoms with Crippen LogP contribution in [-0.4, -0.2) is 41.8 Å². The minimum atomic E-state index is -0.536. The number of rotatable bonds is 3. The Morgan fingerprint density at radius 3 is 2.33 bits per heavy atom. The fourth-order valence-electron chi connectivity index (χ4n) is 2.52. The molecule has 1 atom stereocenters. The fourth-order valence-corrected chi connectivity index (χ4v) is 2.52. The number of nitrogens with two attached hydrogens (primary N) is 1. The van der Waals surface area contributed by atoms with Gasteiger partial charge in [0, 0.05) is 24.2 Å². The molecule has 1 aliphatic heterocycles. The number of carbonyl (C=O) groups is 3. The average Bonchev–Trinajstić information content (AvgIpc) is 2.46. The molecule has 21 heavy (non-hydrogen) atoms. The molecule has 112 valence electrons. The van der Waals surface area contributed by atoms with Crippen molar-refractivity contribution in [2.45, 2.75) is 19.9 Å². The molecule has 1 aromatic rings. The van der Waals surface area contributed by atoms with Gasteiger partial charge >= 0.3 is 0 Å². The van der Waals surface area contributed by atoms with Gasteiger partial charge in [-0.05, 0) is 30.2 Å². The molecule has 2 rings (SSSR count). The van der Waals surface area contributed by atoms with Crippen molar-refractivity contribution in [3.05, 3.63) is 35.4 Å². The zero-order chi connectivity index (χ0) is 15.6. The highest BCUT2D eigenvalue weighted by Gasteiger charge is 2.35. The zero-order valence-corrected chi connectivity index (χ0v) is 12.1. The smallest absolute Gasteiger partial charge is 0.254 e. The topological polar surface area (TPSA) is 92.5 Å². The summed E-state index contributed by atoms with van der Waals surface area (Å²) in [5.41, 5.74) is 5.97. The largest absolute Gasteiger partial charge is 0.366 e. The molecular weight excluding hydrogens is 270 g/mol. The van der Waals surface area contributed by atoms with E-state index in [1.807, 2.05) is 13.8 Å². The lowest BCUT2D eigenvalue weighted by molar-refractivity contribution is -0.129. The van der Waals surface area contributed by atoms with Crippen molar-refractivity contribution in [2.24, 2.45) is 11.7 Å². The lowest BCUT2D eigenvalue weighted by Gasteiger charge is -2.37. The molecule has 6 nitrogen and oxygen atoms in total. The van der Waals surface area contributed by atoms with E-state index in [1.54, 1.807) is 17.0 Å². The Labute approximate surface area is 123 Å². The standard InChI is InChI=1S/C15H19N3O3/c1-9(2)12-14(20)17-7-8-18(12)15(21)11-5-3-10(4-6-11)13(16)19/h3-6,9,12H,7-8H2,1-2H3,(H2,16,19)(H,17,20). The minimum absolute atomic E-state index is 0.0270. The van der Waals surface area contributed by atoms with Crippen molar-refractivity contribution in [3.8, 4) is 0 Å². The number of carbonyl (C=O) groups excluding carboxylic acids is 3. The number of piperazine rings is 1. The Balaban J connectivity index is 2.24. The average molecular weight is 289 g/mol. The molecular formula is C15H19N3O3. The van der Waals surface area contributed by atoms with Crippen LogP contribution in [0, 0.1) is 5.92 Å². The van der Waals surface area contributed by atoms with Crippen molar-refractivity contribution in [1.82, 2.24) is 10.2 Å². The first kappa shape index (κ1) is 15.0. The number of nitrogens with zero attached hydrogens (tertiary/aromatic N) is 1. The molecule has 0 radical (unpaired) electrons. The second-order valence-corrected chi connectivity index (χ2v) is 5.42. The molecule has 3 amide bonds. The fraction of sp³-hybridized carbons (Fsp3) is 0.400. The monoisotopic (exact) mass is 289 g/mol. The van der Waals surface area contributed by atoms with Gasteiger partial charge in [0.2, 0.25) is 11.8 Å². The van der Waals surface area contributed by atoms with Gasteiger partial charge in [-0.25, -0.2) is 0 Å². The molecule has 1 saturated heterocycles. The summed E-state index contributed by atoms with van der Waals surface area (Å²) in [4.78, 5) is 37.2. The van der Waals surface area contributed by atoms with Gasteiger partial charge in [0.05, 0.1) is 0 Å². The number of benzene rings is 1. The van der Waals surface area contributed by atoms with Crippen molar-refractivity contribution < 1.29 is 14.4 Å². The first-order valence-electron chi connectivity index (χ1n) is 6.90. The second kappa shape index (κ2) is 5.95. The Kier molecular flexibility index (Phi) is 4.26. The van der Waals surface area contributed by atoms with Gasteiger partial charge < -0.3 is 16.0 Å². The maximum atomic E-state index is 12.6. The van der Waals surface area contributed by atoms with Crippen LogP contribution in [0.1, 0.15) is 34.6 Å². The quantitative estimate of drug-likeness (QED) is 0.842. The highest BCUT2D eigenvalue weighted by atomic mass is 16.2. The molecule has 0 spiro atoms. The van der Waals surface area contributed by atoms with Crippen LogP contribution in [0.15, 0.2) is 24.3 Å². The first-order valence-corrected chi connectivity index (χ1v) is 6.90. The number of nitrogens with one attached hydrogen (secondary N) is 1. The molecule has 6 heteroatoms. The van der Waals surface area contributed by atoms with Crippen molar-refractivity contribution in [3.63, 3.8) is 0 Å². The summed E-state index contributed by atoms with van der Waals surface area (Å²) in [5, 5.41) is 2.78. The van der Waals surface area contributed by atoms with E-state index < -0.39 is 11.9 Å². The number of hydrogen-bond donors (Lipinski definition) is 2. The van der Waals surface area contributed by atoms with Crippen LogP contribution in [0.4, 0.5) is 0 Å². The first-order chi connectivity index (χ1) is 9.91. The normalized spacial score (nSPS) is 18.5. The summed E-state index contributed by atoms with van der Waals surface area (Å²) in [5.74, 6) is -0.844. The molecule has 0 bridgehead atoms. The minimum Gasteiger partial charge on any atom is -0.366 e. The van der Waals surface area contributed by atoms with Gasteiger partial charge in [0.15, 0.2) is 0 Å². The summed E-state index contributed by atoms with van der Waals surface area (Å²) in [6, 6.07) is 5.69. The van der Waals surface area contributed by atoms with Crippen molar-refractivity contribution in [1.29, 1.82) is 0 Å². The summed E-state index contributed by atoms with van der Waals surface area (Å²) in [6.45, 7) is 4.75. The van der Waals surface area contributed by atoms with Crippen LogP contribution in [-0.2, 0) is 4.79 Å². The van der Waals surface area contributed by atoms with Crippen LogP contribution >= 0.6 is 0 Å². The van der Waals surface area contributed by atoms with E-state index in [2.05, 4.69) is 5.32 Å². The molecule has 1 heterocycles. The summed E-state index contributed by atoms with van der Waals surface area (Å²) in [6.07, 6.45) is 0. The van der Waals surface area contributed by atoms with E-state index >= 15 is 0 Å². The van der Waals surface area contributed by atoms with E-state index in [9.17, 15) is 14.4 Å². The summed E-state index contributed by atoms with van der Waals surface area (Å²) < 4.78 is 0. The van der Waals surface area contributed by atoms with E-state index in [1.165, 1.54) is 12.1 Å². The number of hydrogen-bond acceptors (Lipinski definition) is 3. The van der Waals surface area contributed by atoms with E-state index in [0.29, 0.717) is 24.2 Å². The third-order valence-corrected chi connectivity index (χ3v) is 3.57. The molecule has 1 fully saturated rings. The number of primary amides is 1.